The third-order valence-corrected chi connectivity index (χ3v) is 7.26. The first-order valence-electron chi connectivity index (χ1n) is 13.5. The van der Waals surface area contributed by atoms with Gasteiger partial charge in [-0.15, -0.1) is 0 Å². The average Bonchev–Trinajstić information content (AvgIpc) is 3.65. The summed E-state index contributed by atoms with van der Waals surface area (Å²) in [5.41, 5.74) is 1.70. The van der Waals surface area contributed by atoms with Crippen LogP contribution >= 0.6 is 0 Å². The van der Waals surface area contributed by atoms with Gasteiger partial charge in [-0.2, -0.15) is 0 Å². The van der Waals surface area contributed by atoms with E-state index in [1.54, 1.807) is 25.2 Å². The lowest BCUT2D eigenvalue weighted by atomic mass is 9.89. The molecule has 38 heavy (non-hydrogen) atoms. The second kappa shape index (κ2) is 14.8. The summed E-state index contributed by atoms with van der Waals surface area (Å²) in [6, 6.07) is 0. The maximum Gasteiger partial charge on any atom is 0.331 e. The van der Waals surface area contributed by atoms with Crippen molar-refractivity contribution >= 4 is 5.97 Å². The van der Waals surface area contributed by atoms with Crippen molar-refractivity contribution in [2.24, 2.45) is 11.8 Å². The number of carbonyl (C=O) groups excluding carboxylic acids is 1. The molecule has 0 aliphatic carbocycles. The van der Waals surface area contributed by atoms with Crippen molar-refractivity contribution < 1.29 is 34.7 Å². The number of esters is 1. The summed E-state index contributed by atoms with van der Waals surface area (Å²) in [5.74, 6) is -0.134. The van der Waals surface area contributed by atoms with Crippen LogP contribution in [0.25, 0.3) is 0 Å². The molecule has 0 bridgehead atoms. The number of hydrogen-bond donors (Lipinski definition) is 4. The van der Waals surface area contributed by atoms with Crippen LogP contribution < -0.4 is 0 Å². The highest BCUT2D eigenvalue weighted by Gasteiger charge is 2.51. The molecule has 0 aromatic heterocycles. The number of aliphatic hydroxyl groups excluding tert-OH is 4. The summed E-state index contributed by atoms with van der Waals surface area (Å²) in [6.45, 7) is 19.7. The third kappa shape index (κ3) is 9.17. The van der Waals surface area contributed by atoms with Crippen LogP contribution in [0.15, 0.2) is 72.4 Å². The van der Waals surface area contributed by atoms with Crippen molar-refractivity contribution in [2.45, 2.75) is 103 Å². The molecular weight excluding hydrogens is 484 g/mol. The molecule has 1 fully saturated rings. The fraction of sp³-hybridized carbons (Fsp3) is 0.581. The summed E-state index contributed by atoms with van der Waals surface area (Å²) in [4.78, 5) is 12.8. The van der Waals surface area contributed by atoms with E-state index in [1.165, 1.54) is 12.2 Å². The SMILES string of the molecule is C=C1C/C=C/[C@@H](O)[C@H](O)C(=C)[C@@H](O)[C@H](O)C(=C)C/C=C/C(C)=C/C(=O)O[C@H]([C@H]2O[C@@H]2[C@H](C)CCC)[C@H](C)C1. The van der Waals surface area contributed by atoms with Crippen LogP contribution in [0, 0.1) is 11.8 Å². The molecule has 0 spiro atoms. The number of cyclic esters (lactones) is 1. The second-order valence-corrected chi connectivity index (χ2v) is 10.8. The van der Waals surface area contributed by atoms with E-state index in [0.717, 1.165) is 18.4 Å². The van der Waals surface area contributed by atoms with Gasteiger partial charge in [-0.3, -0.25) is 0 Å². The van der Waals surface area contributed by atoms with Gasteiger partial charge in [0.25, 0.3) is 0 Å². The zero-order chi connectivity index (χ0) is 28.6. The molecule has 0 radical (unpaired) electrons. The molecule has 9 atom stereocenters. The van der Waals surface area contributed by atoms with Gasteiger partial charge in [0.15, 0.2) is 0 Å². The molecule has 2 rings (SSSR count). The minimum absolute atomic E-state index is 0.0474. The molecule has 0 amide bonds. The van der Waals surface area contributed by atoms with Crippen molar-refractivity contribution in [3.63, 3.8) is 0 Å². The predicted octanol–water partition coefficient (Wildman–Crippen LogP) is 4.09. The summed E-state index contributed by atoms with van der Waals surface area (Å²) >= 11 is 0. The van der Waals surface area contributed by atoms with Crippen molar-refractivity contribution in [3.05, 3.63) is 72.4 Å². The Labute approximate surface area is 227 Å². The van der Waals surface area contributed by atoms with Gasteiger partial charge in [0.1, 0.15) is 36.6 Å². The molecule has 7 nitrogen and oxygen atoms in total. The zero-order valence-corrected chi connectivity index (χ0v) is 23.3. The standard InChI is InChI=1S/C31H46O7/c1-8-11-21(5)29-31(38-29)30-22(6)16-18(2)13-10-15-24(32)27(35)23(7)28(36)26(34)20(4)14-9-12-19(3)17-25(33)37-30/h9-10,12,15,17,21-22,24,26-32,34-36H,2,4,7-8,11,13-14,16H2,1,3,5-6H3/b12-9+,15-10+,19-17+/t21-,22-,24-,26-,27-,28-,29-,30+,31+/m1/s1. The number of carbonyl (C=O) groups is 1. The molecule has 2 aliphatic heterocycles. The first-order valence-corrected chi connectivity index (χ1v) is 13.5. The second-order valence-electron chi connectivity index (χ2n) is 10.8. The number of aliphatic hydroxyl groups is 4. The Morgan fingerprint density at radius 3 is 2.37 bits per heavy atom. The number of epoxide rings is 1. The normalized spacial score (nSPS) is 38.5. The maximum absolute atomic E-state index is 12.8. The largest absolute Gasteiger partial charge is 0.456 e. The Morgan fingerprint density at radius 2 is 1.71 bits per heavy atom. The predicted molar refractivity (Wildman–Crippen MR) is 149 cm³/mol. The Hall–Kier alpha value is -2.29. The van der Waals surface area contributed by atoms with E-state index in [1.807, 2.05) is 6.92 Å². The van der Waals surface area contributed by atoms with E-state index in [2.05, 4.69) is 33.6 Å². The Morgan fingerprint density at radius 1 is 1.03 bits per heavy atom. The first-order chi connectivity index (χ1) is 17.9. The van der Waals surface area contributed by atoms with Gasteiger partial charge in [0, 0.05) is 6.08 Å². The van der Waals surface area contributed by atoms with Gasteiger partial charge in [-0.25, -0.2) is 4.79 Å². The van der Waals surface area contributed by atoms with Crippen molar-refractivity contribution in [3.8, 4) is 0 Å². The van der Waals surface area contributed by atoms with Gasteiger partial charge < -0.3 is 29.9 Å². The summed E-state index contributed by atoms with van der Waals surface area (Å²) in [5, 5.41) is 41.8. The van der Waals surface area contributed by atoms with E-state index in [9.17, 15) is 25.2 Å². The van der Waals surface area contributed by atoms with E-state index in [4.69, 9.17) is 9.47 Å². The first kappa shape index (κ1) is 31.9. The quantitative estimate of drug-likeness (QED) is 0.245. The number of rotatable bonds is 4. The fourth-order valence-electron chi connectivity index (χ4n) is 4.86. The minimum atomic E-state index is -1.51. The van der Waals surface area contributed by atoms with Gasteiger partial charge >= 0.3 is 5.97 Å². The van der Waals surface area contributed by atoms with E-state index >= 15 is 0 Å². The van der Waals surface area contributed by atoms with Gasteiger partial charge in [0.05, 0.1) is 6.10 Å². The molecule has 2 heterocycles. The van der Waals surface area contributed by atoms with Gasteiger partial charge in [-0.05, 0) is 61.2 Å². The van der Waals surface area contributed by atoms with Gasteiger partial charge in [-0.1, -0.05) is 76.8 Å². The number of allylic oxidation sites excluding steroid dienone is 5. The van der Waals surface area contributed by atoms with Crippen molar-refractivity contribution in [1.82, 2.24) is 0 Å². The molecule has 0 unspecified atom stereocenters. The molecule has 4 N–H and O–H groups in total. The zero-order valence-electron chi connectivity index (χ0n) is 23.3. The van der Waals surface area contributed by atoms with Gasteiger partial charge in [0.2, 0.25) is 0 Å². The third-order valence-electron chi connectivity index (χ3n) is 7.26. The number of ether oxygens (including phenoxy) is 2. The van der Waals surface area contributed by atoms with Crippen LogP contribution in [0.2, 0.25) is 0 Å². The molecule has 2 aliphatic rings. The average molecular weight is 531 g/mol. The van der Waals surface area contributed by atoms with Crippen LogP contribution in [0.4, 0.5) is 0 Å². The van der Waals surface area contributed by atoms with Crippen molar-refractivity contribution in [2.75, 3.05) is 0 Å². The molecule has 212 valence electrons. The Bertz CT molecular complexity index is 946. The summed E-state index contributed by atoms with van der Waals surface area (Å²) in [6.07, 6.45) is 5.05. The summed E-state index contributed by atoms with van der Waals surface area (Å²) < 4.78 is 11.9. The molecule has 0 aromatic carbocycles. The molecule has 0 saturated carbocycles. The van der Waals surface area contributed by atoms with E-state index in [-0.39, 0.29) is 30.1 Å². The molecule has 7 heteroatoms. The smallest absolute Gasteiger partial charge is 0.331 e. The lowest BCUT2D eigenvalue weighted by Gasteiger charge is -2.26. The fourth-order valence-corrected chi connectivity index (χ4v) is 4.86. The monoisotopic (exact) mass is 530 g/mol. The minimum Gasteiger partial charge on any atom is -0.456 e. The Kier molecular flexibility index (Phi) is 12.4. The Balaban J connectivity index is 2.28. The van der Waals surface area contributed by atoms with E-state index in [0.29, 0.717) is 29.9 Å². The lowest BCUT2D eigenvalue weighted by molar-refractivity contribution is -0.146. The maximum atomic E-state index is 12.8. The molecular formula is C31H46O7. The molecule has 0 aromatic rings. The summed E-state index contributed by atoms with van der Waals surface area (Å²) in [7, 11) is 0. The number of hydrogen-bond acceptors (Lipinski definition) is 7. The lowest BCUT2D eigenvalue weighted by Crippen LogP contribution is -2.37. The highest BCUT2D eigenvalue weighted by Crippen LogP contribution is 2.39. The van der Waals surface area contributed by atoms with Crippen LogP contribution in [-0.2, 0) is 14.3 Å². The van der Waals surface area contributed by atoms with Crippen LogP contribution in [-0.4, -0.2) is 69.1 Å². The topological polar surface area (TPSA) is 120 Å². The molecule has 1 saturated heterocycles. The highest BCUT2D eigenvalue weighted by atomic mass is 16.6. The van der Waals surface area contributed by atoms with E-state index < -0.39 is 36.5 Å². The van der Waals surface area contributed by atoms with Crippen molar-refractivity contribution in [1.29, 1.82) is 0 Å². The van der Waals surface area contributed by atoms with Crippen LogP contribution in [0.1, 0.15) is 59.8 Å². The van der Waals surface area contributed by atoms with Crippen LogP contribution in [0.5, 0.6) is 0 Å². The van der Waals surface area contributed by atoms with Crippen LogP contribution in [0.3, 0.4) is 0 Å². The highest BCUT2D eigenvalue weighted by molar-refractivity contribution is 5.83.